The first kappa shape index (κ1) is 12.3. The van der Waals surface area contributed by atoms with Gasteiger partial charge in [-0.3, -0.25) is 0 Å². The predicted octanol–water partition coefficient (Wildman–Crippen LogP) is 4.27. The lowest BCUT2D eigenvalue weighted by Gasteiger charge is -2.09. The minimum absolute atomic E-state index is 0.0508. The van der Waals surface area contributed by atoms with Crippen molar-refractivity contribution in [3.63, 3.8) is 0 Å². The average molecular weight is 294 g/mol. The highest BCUT2D eigenvalue weighted by atomic mass is 79.9. The van der Waals surface area contributed by atoms with Crippen LogP contribution in [0.15, 0.2) is 46.9 Å². The maximum absolute atomic E-state index is 13.9. The molecule has 0 saturated heterocycles. The van der Waals surface area contributed by atoms with Crippen molar-refractivity contribution in [2.45, 2.75) is 13.0 Å². The van der Waals surface area contributed by atoms with E-state index in [1.807, 2.05) is 37.3 Å². The normalized spacial score (nSPS) is 12.5. The maximum atomic E-state index is 13.9. The molecule has 1 unspecified atom stereocenters. The fourth-order valence-electron chi connectivity index (χ4n) is 1.72. The van der Waals surface area contributed by atoms with Gasteiger partial charge in [0.1, 0.15) is 5.82 Å². The van der Waals surface area contributed by atoms with Gasteiger partial charge < -0.3 is 5.73 Å². The van der Waals surface area contributed by atoms with E-state index in [0.29, 0.717) is 10.0 Å². The molecule has 0 aromatic heterocycles. The lowest BCUT2D eigenvalue weighted by Crippen LogP contribution is -2.04. The van der Waals surface area contributed by atoms with E-state index in [1.165, 1.54) is 0 Å². The summed E-state index contributed by atoms with van der Waals surface area (Å²) < 4.78 is 14.4. The molecule has 0 aliphatic carbocycles. The molecule has 2 rings (SSSR count). The number of hydrogen-bond acceptors (Lipinski definition) is 1. The van der Waals surface area contributed by atoms with Gasteiger partial charge in [0.15, 0.2) is 0 Å². The van der Waals surface area contributed by atoms with Crippen molar-refractivity contribution in [1.82, 2.24) is 0 Å². The number of halogens is 2. The minimum atomic E-state index is -0.241. The van der Waals surface area contributed by atoms with E-state index in [1.54, 1.807) is 12.1 Å². The first-order chi connectivity index (χ1) is 8.09. The average Bonchev–Trinajstić information content (AvgIpc) is 2.33. The number of benzene rings is 2. The highest BCUT2D eigenvalue weighted by molar-refractivity contribution is 9.10. The highest BCUT2D eigenvalue weighted by Gasteiger charge is 2.09. The Morgan fingerprint density at radius 3 is 2.59 bits per heavy atom. The van der Waals surface area contributed by atoms with Crippen LogP contribution in [0.4, 0.5) is 4.39 Å². The summed E-state index contributed by atoms with van der Waals surface area (Å²) in [7, 11) is 0. The Balaban J connectivity index is 2.53. The Kier molecular flexibility index (Phi) is 3.60. The Bertz CT molecular complexity index is 537. The SMILES string of the molecule is CC(N)c1cccc(-c2cccc(Br)c2F)c1. The summed E-state index contributed by atoms with van der Waals surface area (Å²) in [6, 6.07) is 12.9. The van der Waals surface area contributed by atoms with E-state index >= 15 is 0 Å². The van der Waals surface area contributed by atoms with Gasteiger partial charge >= 0.3 is 0 Å². The Morgan fingerprint density at radius 1 is 1.18 bits per heavy atom. The monoisotopic (exact) mass is 293 g/mol. The molecular weight excluding hydrogens is 281 g/mol. The third kappa shape index (κ3) is 2.56. The molecule has 0 heterocycles. The zero-order valence-corrected chi connectivity index (χ0v) is 11.0. The van der Waals surface area contributed by atoms with E-state index in [4.69, 9.17) is 5.73 Å². The molecule has 0 fully saturated rings. The molecule has 0 amide bonds. The quantitative estimate of drug-likeness (QED) is 0.879. The molecular formula is C14H13BrFN. The molecule has 1 atom stereocenters. The number of rotatable bonds is 2. The van der Waals surface area contributed by atoms with Crippen molar-refractivity contribution in [2.75, 3.05) is 0 Å². The van der Waals surface area contributed by atoms with Crippen molar-refractivity contribution in [3.8, 4) is 11.1 Å². The molecule has 2 aromatic rings. The van der Waals surface area contributed by atoms with Crippen LogP contribution in [0.5, 0.6) is 0 Å². The molecule has 1 nitrogen and oxygen atoms in total. The second kappa shape index (κ2) is 4.98. The number of nitrogens with two attached hydrogens (primary N) is 1. The zero-order chi connectivity index (χ0) is 12.4. The van der Waals surface area contributed by atoms with E-state index in [-0.39, 0.29) is 11.9 Å². The van der Waals surface area contributed by atoms with Crippen molar-refractivity contribution in [3.05, 3.63) is 58.3 Å². The molecule has 3 heteroatoms. The van der Waals surface area contributed by atoms with E-state index in [0.717, 1.165) is 11.1 Å². The van der Waals surface area contributed by atoms with Crippen molar-refractivity contribution < 1.29 is 4.39 Å². The minimum Gasteiger partial charge on any atom is -0.324 e. The van der Waals surface area contributed by atoms with Crippen molar-refractivity contribution in [2.24, 2.45) is 5.73 Å². The van der Waals surface area contributed by atoms with Crippen molar-refractivity contribution in [1.29, 1.82) is 0 Å². The van der Waals surface area contributed by atoms with Crippen LogP contribution in [0.25, 0.3) is 11.1 Å². The Hall–Kier alpha value is -1.19. The van der Waals surface area contributed by atoms with Gasteiger partial charge in [0.05, 0.1) is 4.47 Å². The van der Waals surface area contributed by atoms with Crippen LogP contribution in [0.3, 0.4) is 0 Å². The van der Waals surface area contributed by atoms with Crippen molar-refractivity contribution >= 4 is 15.9 Å². The van der Waals surface area contributed by atoms with Crippen LogP contribution in [0, 0.1) is 5.82 Å². The molecule has 0 spiro atoms. The molecule has 0 saturated carbocycles. The Morgan fingerprint density at radius 2 is 1.88 bits per heavy atom. The largest absolute Gasteiger partial charge is 0.324 e. The highest BCUT2D eigenvalue weighted by Crippen LogP contribution is 2.29. The van der Waals surface area contributed by atoms with E-state index in [9.17, 15) is 4.39 Å². The predicted molar refractivity (Wildman–Crippen MR) is 72.1 cm³/mol. The fraction of sp³-hybridized carbons (Fsp3) is 0.143. The van der Waals surface area contributed by atoms with Gasteiger partial charge in [-0.2, -0.15) is 0 Å². The third-order valence-corrected chi connectivity index (χ3v) is 3.29. The van der Waals surface area contributed by atoms with Gasteiger partial charge in [0.2, 0.25) is 0 Å². The smallest absolute Gasteiger partial charge is 0.145 e. The van der Waals surface area contributed by atoms with Gasteiger partial charge in [0, 0.05) is 11.6 Å². The first-order valence-corrected chi connectivity index (χ1v) is 6.19. The van der Waals surface area contributed by atoms with Crippen LogP contribution in [-0.4, -0.2) is 0 Å². The van der Waals surface area contributed by atoms with Crippen LogP contribution >= 0.6 is 15.9 Å². The molecule has 17 heavy (non-hydrogen) atoms. The van der Waals surface area contributed by atoms with Gasteiger partial charge in [0.25, 0.3) is 0 Å². The van der Waals surface area contributed by atoms with Gasteiger partial charge in [-0.05, 0) is 46.1 Å². The molecule has 2 aromatic carbocycles. The third-order valence-electron chi connectivity index (χ3n) is 2.68. The van der Waals surface area contributed by atoms with Crippen LogP contribution < -0.4 is 5.73 Å². The second-order valence-corrected chi connectivity index (χ2v) is 4.87. The van der Waals surface area contributed by atoms with Gasteiger partial charge in [-0.25, -0.2) is 4.39 Å². The van der Waals surface area contributed by atoms with Gasteiger partial charge in [-0.1, -0.05) is 30.3 Å². The van der Waals surface area contributed by atoms with E-state index < -0.39 is 0 Å². The summed E-state index contributed by atoms with van der Waals surface area (Å²) in [6.45, 7) is 1.91. The van der Waals surface area contributed by atoms with Crippen LogP contribution in [0.1, 0.15) is 18.5 Å². The summed E-state index contributed by atoms with van der Waals surface area (Å²) in [6.07, 6.45) is 0. The van der Waals surface area contributed by atoms with Crippen LogP contribution in [-0.2, 0) is 0 Å². The molecule has 0 bridgehead atoms. The van der Waals surface area contributed by atoms with Gasteiger partial charge in [-0.15, -0.1) is 0 Å². The first-order valence-electron chi connectivity index (χ1n) is 5.39. The maximum Gasteiger partial charge on any atom is 0.145 e. The summed E-state index contributed by atoms with van der Waals surface area (Å²) >= 11 is 3.19. The zero-order valence-electron chi connectivity index (χ0n) is 9.45. The summed E-state index contributed by atoms with van der Waals surface area (Å²) in [5, 5.41) is 0. The Labute approximate surface area is 109 Å². The van der Waals surface area contributed by atoms with E-state index in [2.05, 4.69) is 15.9 Å². The molecule has 2 N–H and O–H groups in total. The van der Waals surface area contributed by atoms with Crippen LogP contribution in [0.2, 0.25) is 0 Å². The lowest BCUT2D eigenvalue weighted by atomic mass is 10.0. The molecule has 88 valence electrons. The standard InChI is InChI=1S/C14H13BrFN/c1-9(17)10-4-2-5-11(8-10)12-6-3-7-13(15)14(12)16/h2-9H,17H2,1H3. The fourth-order valence-corrected chi connectivity index (χ4v) is 2.08. The molecule has 0 aliphatic rings. The topological polar surface area (TPSA) is 26.0 Å². The second-order valence-electron chi connectivity index (χ2n) is 4.02. The number of hydrogen-bond donors (Lipinski definition) is 1. The summed E-state index contributed by atoms with van der Waals surface area (Å²) in [5.74, 6) is -0.241. The summed E-state index contributed by atoms with van der Waals surface area (Å²) in [5.41, 5.74) is 8.26. The lowest BCUT2D eigenvalue weighted by molar-refractivity contribution is 0.624. The molecule has 0 radical (unpaired) electrons. The molecule has 0 aliphatic heterocycles. The summed E-state index contributed by atoms with van der Waals surface area (Å²) in [4.78, 5) is 0.